The topological polar surface area (TPSA) is 123 Å². The first-order valence-electron chi connectivity index (χ1n) is 10.1. The Kier molecular flexibility index (Phi) is 6.19. The summed E-state index contributed by atoms with van der Waals surface area (Å²) in [6.45, 7) is 0. The molecule has 1 unspecified atom stereocenters. The number of aromatic nitrogens is 2. The largest absolute Gasteiger partial charge is 0.346 e. The third-order valence-electron chi connectivity index (χ3n) is 5.44. The summed E-state index contributed by atoms with van der Waals surface area (Å²) in [4.78, 5) is 6.90. The molecule has 0 saturated carbocycles. The quantitative estimate of drug-likeness (QED) is 0.361. The van der Waals surface area contributed by atoms with Crippen molar-refractivity contribution in [3.63, 3.8) is 0 Å². The molecule has 0 bridgehead atoms. The molecule has 7 nitrogen and oxygen atoms in total. The molecular formula is C23H21F2N5O2S. The Labute approximate surface area is 189 Å². The normalized spacial score (nSPS) is 16.9. The minimum atomic E-state index is -4.26. The fourth-order valence-corrected chi connectivity index (χ4v) is 4.94. The van der Waals surface area contributed by atoms with Crippen LogP contribution in [0.4, 0.5) is 14.5 Å². The first kappa shape index (κ1) is 22.5. The van der Waals surface area contributed by atoms with Crippen LogP contribution in [0, 0.1) is 16.6 Å². The van der Waals surface area contributed by atoms with Crippen LogP contribution in [-0.2, 0) is 16.4 Å². The second-order valence-electron chi connectivity index (χ2n) is 7.60. The molecule has 0 amide bonds. The summed E-state index contributed by atoms with van der Waals surface area (Å²) in [7, 11) is -4.26. The van der Waals surface area contributed by atoms with Gasteiger partial charge in [0.15, 0.2) is 5.82 Å². The van der Waals surface area contributed by atoms with Gasteiger partial charge in [0.2, 0.25) is 0 Å². The van der Waals surface area contributed by atoms with Crippen LogP contribution in [0.5, 0.6) is 0 Å². The summed E-state index contributed by atoms with van der Waals surface area (Å²) in [6.07, 6.45) is 8.10. The lowest BCUT2D eigenvalue weighted by atomic mass is 9.99. The van der Waals surface area contributed by atoms with E-state index in [-0.39, 0.29) is 24.1 Å². The van der Waals surface area contributed by atoms with Gasteiger partial charge in [-0.2, -0.15) is 0 Å². The van der Waals surface area contributed by atoms with Gasteiger partial charge < -0.3 is 15.8 Å². The predicted molar refractivity (Wildman–Crippen MR) is 125 cm³/mol. The van der Waals surface area contributed by atoms with Crippen molar-refractivity contribution in [1.82, 2.24) is 9.97 Å². The number of benzene rings is 1. The second kappa shape index (κ2) is 9.07. The Morgan fingerprint density at radius 3 is 2.79 bits per heavy atom. The van der Waals surface area contributed by atoms with Crippen molar-refractivity contribution in [2.75, 3.05) is 4.72 Å². The van der Waals surface area contributed by atoms with E-state index >= 15 is 4.39 Å². The number of hydrogen-bond acceptors (Lipinski definition) is 5. The molecule has 1 atom stereocenters. The van der Waals surface area contributed by atoms with Crippen LogP contribution in [0.15, 0.2) is 59.8 Å². The van der Waals surface area contributed by atoms with E-state index in [1.165, 1.54) is 30.4 Å². The summed E-state index contributed by atoms with van der Waals surface area (Å²) in [6, 6.07) is 6.15. The van der Waals surface area contributed by atoms with E-state index in [4.69, 9.17) is 10.8 Å². The third-order valence-corrected chi connectivity index (χ3v) is 6.95. The number of sulfonamides is 1. The molecule has 33 heavy (non-hydrogen) atoms. The van der Waals surface area contributed by atoms with Gasteiger partial charge in [-0.25, -0.2) is 22.2 Å². The number of fused-ring (bicyclic) bond motifs is 1. The molecule has 1 aromatic carbocycles. The summed E-state index contributed by atoms with van der Waals surface area (Å²) < 4.78 is 56.7. The van der Waals surface area contributed by atoms with Crippen LogP contribution in [0.25, 0.3) is 11.0 Å². The van der Waals surface area contributed by atoms with Crippen molar-refractivity contribution in [3.05, 3.63) is 82.3 Å². The Bertz CT molecular complexity index is 1390. The van der Waals surface area contributed by atoms with Crippen LogP contribution < -0.4 is 4.72 Å². The van der Waals surface area contributed by atoms with E-state index in [2.05, 4.69) is 14.7 Å². The molecule has 1 aliphatic carbocycles. The maximum atomic E-state index is 15.2. The van der Waals surface area contributed by atoms with Crippen molar-refractivity contribution < 1.29 is 17.2 Å². The van der Waals surface area contributed by atoms with Crippen molar-refractivity contribution >= 4 is 39.2 Å². The van der Waals surface area contributed by atoms with Crippen LogP contribution in [-0.4, -0.2) is 37.0 Å². The Morgan fingerprint density at radius 1 is 1.27 bits per heavy atom. The zero-order chi connectivity index (χ0) is 23.6. The lowest BCUT2D eigenvalue weighted by Crippen LogP contribution is -2.23. The van der Waals surface area contributed by atoms with Crippen LogP contribution in [0.2, 0.25) is 0 Å². The van der Waals surface area contributed by atoms with E-state index in [1.54, 1.807) is 24.5 Å². The van der Waals surface area contributed by atoms with Gasteiger partial charge in [0.25, 0.3) is 10.0 Å². The molecule has 2 aromatic heterocycles. The first-order valence-corrected chi connectivity index (χ1v) is 11.6. The number of pyridine rings is 1. The minimum Gasteiger partial charge on any atom is -0.346 e. The predicted octanol–water partition coefficient (Wildman–Crippen LogP) is 4.60. The molecule has 0 spiro atoms. The van der Waals surface area contributed by atoms with Gasteiger partial charge in [-0.05, 0) is 34.9 Å². The van der Waals surface area contributed by atoms with Crippen molar-refractivity contribution in [2.24, 2.45) is 0 Å². The maximum absolute atomic E-state index is 15.2. The molecule has 4 N–H and O–H groups in total. The van der Waals surface area contributed by atoms with E-state index in [9.17, 15) is 12.8 Å². The Hall–Kier alpha value is -3.66. The highest BCUT2D eigenvalue weighted by molar-refractivity contribution is 7.96. The molecule has 4 rings (SSSR count). The SMILES string of the molecule is N=CC(C=N)c1cnc2[nH]cc(Cc3cccc(NS(=O)(=O)C4=CC=CCC4F)c3F)c2c1. The summed E-state index contributed by atoms with van der Waals surface area (Å²) in [5.74, 6) is -1.26. The molecule has 10 heteroatoms. The molecule has 3 aromatic rings. The molecule has 0 saturated heterocycles. The van der Waals surface area contributed by atoms with E-state index in [0.29, 0.717) is 16.6 Å². The third kappa shape index (κ3) is 4.47. The van der Waals surface area contributed by atoms with Gasteiger partial charge in [0.1, 0.15) is 11.8 Å². The Balaban J connectivity index is 1.65. The van der Waals surface area contributed by atoms with E-state index in [1.807, 2.05) is 0 Å². The molecule has 2 heterocycles. The number of anilines is 1. The molecule has 0 radical (unpaired) electrons. The van der Waals surface area contributed by atoms with Crippen LogP contribution in [0.3, 0.4) is 0 Å². The first-order chi connectivity index (χ1) is 15.8. The minimum absolute atomic E-state index is 0.0529. The Morgan fingerprint density at radius 2 is 2.06 bits per heavy atom. The number of H-pyrrole nitrogens is 1. The summed E-state index contributed by atoms with van der Waals surface area (Å²) in [5.41, 5.74) is 1.93. The number of rotatable bonds is 8. The van der Waals surface area contributed by atoms with Crippen LogP contribution >= 0.6 is 0 Å². The monoisotopic (exact) mass is 469 g/mol. The number of allylic oxidation sites excluding steroid dienone is 4. The number of hydrogen-bond donors (Lipinski definition) is 4. The van der Waals surface area contributed by atoms with E-state index in [0.717, 1.165) is 18.0 Å². The van der Waals surface area contributed by atoms with Crippen molar-refractivity contribution in [3.8, 4) is 0 Å². The van der Waals surface area contributed by atoms with E-state index < -0.39 is 32.8 Å². The fraction of sp³-hybridized carbons (Fsp3) is 0.174. The summed E-state index contributed by atoms with van der Waals surface area (Å²) in [5, 5.41) is 15.6. The standard InChI is InChI=1S/C23H21F2N5O2S/c24-19-5-1-2-7-21(19)33(31,32)30-20-6-3-4-14(22(20)25)8-16-13-29-23-18(16)9-15(12-28-23)17(10-26)11-27/h1-4,6-7,9-13,17,19,26-27,30H,5,8H2,(H,28,29). The van der Waals surface area contributed by atoms with Crippen molar-refractivity contribution in [1.29, 1.82) is 10.8 Å². The molecule has 170 valence electrons. The lowest BCUT2D eigenvalue weighted by Gasteiger charge is -2.17. The van der Waals surface area contributed by atoms with Crippen molar-refractivity contribution in [2.45, 2.75) is 24.9 Å². The highest BCUT2D eigenvalue weighted by Crippen LogP contribution is 2.29. The number of halogens is 2. The number of aromatic amines is 1. The van der Waals surface area contributed by atoms with Gasteiger partial charge in [-0.1, -0.05) is 24.3 Å². The van der Waals surface area contributed by atoms with Gasteiger partial charge in [0, 0.05) is 43.1 Å². The van der Waals surface area contributed by atoms with Crippen LogP contribution in [0.1, 0.15) is 29.0 Å². The van der Waals surface area contributed by atoms with Gasteiger partial charge in [-0.15, -0.1) is 0 Å². The van der Waals surface area contributed by atoms with Gasteiger partial charge in [0.05, 0.1) is 16.5 Å². The lowest BCUT2D eigenvalue weighted by molar-refractivity contribution is 0.392. The van der Waals surface area contributed by atoms with Gasteiger partial charge in [-0.3, -0.25) is 4.72 Å². The number of nitrogens with zero attached hydrogens (tertiary/aromatic N) is 1. The maximum Gasteiger partial charge on any atom is 0.261 e. The number of alkyl halides is 1. The number of nitrogens with one attached hydrogen (secondary N) is 4. The average Bonchev–Trinajstić information content (AvgIpc) is 3.19. The highest BCUT2D eigenvalue weighted by Gasteiger charge is 2.28. The summed E-state index contributed by atoms with van der Waals surface area (Å²) >= 11 is 0. The zero-order valence-corrected chi connectivity index (χ0v) is 18.2. The molecular weight excluding hydrogens is 448 g/mol. The second-order valence-corrected chi connectivity index (χ2v) is 9.28. The fourth-order valence-electron chi connectivity index (χ4n) is 3.69. The molecule has 0 fully saturated rings. The van der Waals surface area contributed by atoms with Gasteiger partial charge >= 0.3 is 0 Å². The highest BCUT2D eigenvalue weighted by atomic mass is 32.2. The smallest absolute Gasteiger partial charge is 0.261 e. The molecule has 1 aliphatic rings. The molecule has 0 aliphatic heterocycles. The average molecular weight is 470 g/mol. The zero-order valence-electron chi connectivity index (χ0n) is 17.3.